The highest BCUT2D eigenvalue weighted by Crippen LogP contribution is 2.24. The number of aromatic nitrogens is 2. The van der Waals surface area contributed by atoms with Crippen LogP contribution in [0.4, 0.5) is 23.1 Å². The van der Waals surface area contributed by atoms with Crippen LogP contribution in [0.3, 0.4) is 0 Å². The van der Waals surface area contributed by atoms with Gasteiger partial charge in [-0.15, -0.1) is 0 Å². The predicted octanol–water partition coefficient (Wildman–Crippen LogP) is 2.90. The van der Waals surface area contributed by atoms with Crippen molar-refractivity contribution < 1.29 is 9.90 Å². The molecule has 2 aromatic rings. The molecule has 1 saturated heterocycles. The molecular formula is C19H25N5O2. The first-order valence-corrected chi connectivity index (χ1v) is 8.80. The molecule has 138 valence electrons. The Balaban J connectivity index is 1.72. The maximum Gasteiger partial charge on any atom is 0.306 e. The van der Waals surface area contributed by atoms with Crippen molar-refractivity contribution in [3.05, 3.63) is 36.0 Å². The lowest BCUT2D eigenvalue weighted by Crippen LogP contribution is -2.36. The normalized spacial score (nSPS) is 15.0. The SMILES string of the molecule is Cc1cc(N2CCC(C(=O)O)CC2)nc(Nc2ccc(N(C)C)cc2)n1. The van der Waals surface area contributed by atoms with E-state index in [0.29, 0.717) is 31.9 Å². The first-order valence-electron chi connectivity index (χ1n) is 8.80. The highest BCUT2D eigenvalue weighted by molar-refractivity contribution is 5.70. The van der Waals surface area contributed by atoms with Gasteiger partial charge in [0.25, 0.3) is 0 Å². The molecule has 7 heteroatoms. The predicted molar refractivity (Wildman–Crippen MR) is 103 cm³/mol. The zero-order chi connectivity index (χ0) is 18.7. The van der Waals surface area contributed by atoms with E-state index in [-0.39, 0.29) is 5.92 Å². The standard InChI is InChI=1S/C19H25N5O2/c1-13-12-17(24-10-8-14(9-11-24)18(25)26)22-19(20-13)21-15-4-6-16(7-5-15)23(2)3/h4-7,12,14H,8-11H2,1-3H3,(H,25,26)(H,20,21,22). The Morgan fingerprint density at radius 3 is 2.42 bits per heavy atom. The van der Waals surface area contributed by atoms with E-state index in [1.54, 1.807) is 0 Å². The Bertz CT molecular complexity index is 768. The van der Waals surface area contributed by atoms with Gasteiger partial charge in [-0.05, 0) is 44.0 Å². The molecule has 0 spiro atoms. The fraction of sp³-hybridized carbons (Fsp3) is 0.421. The van der Waals surface area contributed by atoms with Gasteiger partial charge in [0.15, 0.2) is 0 Å². The molecule has 0 unspecified atom stereocenters. The van der Waals surface area contributed by atoms with E-state index >= 15 is 0 Å². The van der Waals surface area contributed by atoms with Crippen LogP contribution < -0.4 is 15.1 Å². The number of piperidine rings is 1. The maximum atomic E-state index is 11.1. The fourth-order valence-corrected chi connectivity index (χ4v) is 3.10. The highest BCUT2D eigenvalue weighted by atomic mass is 16.4. The van der Waals surface area contributed by atoms with Crippen LogP contribution in [-0.2, 0) is 4.79 Å². The third kappa shape index (κ3) is 4.22. The molecule has 0 atom stereocenters. The van der Waals surface area contributed by atoms with Gasteiger partial charge in [0, 0.05) is 50.3 Å². The number of aryl methyl sites for hydroxylation is 1. The van der Waals surface area contributed by atoms with E-state index in [4.69, 9.17) is 5.11 Å². The minimum Gasteiger partial charge on any atom is -0.481 e. The van der Waals surface area contributed by atoms with Crippen LogP contribution in [0.2, 0.25) is 0 Å². The maximum absolute atomic E-state index is 11.1. The Kier molecular flexibility index (Phi) is 5.25. The number of hydrogen-bond donors (Lipinski definition) is 2. The summed E-state index contributed by atoms with van der Waals surface area (Å²) >= 11 is 0. The molecule has 1 fully saturated rings. The smallest absolute Gasteiger partial charge is 0.306 e. The number of rotatable bonds is 5. The lowest BCUT2D eigenvalue weighted by Gasteiger charge is -2.31. The van der Waals surface area contributed by atoms with Gasteiger partial charge in [-0.25, -0.2) is 4.98 Å². The van der Waals surface area contributed by atoms with Crippen LogP contribution in [0.15, 0.2) is 30.3 Å². The van der Waals surface area contributed by atoms with Crippen LogP contribution in [0.25, 0.3) is 0 Å². The van der Waals surface area contributed by atoms with Crippen molar-refractivity contribution in [3.8, 4) is 0 Å². The third-order valence-corrected chi connectivity index (χ3v) is 4.65. The Morgan fingerprint density at radius 2 is 1.85 bits per heavy atom. The van der Waals surface area contributed by atoms with Crippen LogP contribution >= 0.6 is 0 Å². The largest absolute Gasteiger partial charge is 0.481 e. The fourth-order valence-electron chi connectivity index (χ4n) is 3.10. The molecule has 1 aliphatic heterocycles. The second kappa shape index (κ2) is 7.59. The summed E-state index contributed by atoms with van der Waals surface area (Å²) in [6.45, 7) is 3.34. The van der Waals surface area contributed by atoms with Crippen molar-refractivity contribution in [2.75, 3.05) is 42.3 Å². The molecule has 7 nitrogen and oxygen atoms in total. The van der Waals surface area contributed by atoms with Crippen LogP contribution in [0.5, 0.6) is 0 Å². The van der Waals surface area contributed by atoms with Crippen LogP contribution in [0, 0.1) is 12.8 Å². The molecular weight excluding hydrogens is 330 g/mol. The molecule has 0 amide bonds. The zero-order valence-corrected chi connectivity index (χ0v) is 15.4. The lowest BCUT2D eigenvalue weighted by atomic mass is 9.97. The van der Waals surface area contributed by atoms with Crippen molar-refractivity contribution in [1.82, 2.24) is 9.97 Å². The monoisotopic (exact) mass is 355 g/mol. The zero-order valence-electron chi connectivity index (χ0n) is 15.4. The number of carbonyl (C=O) groups is 1. The van der Waals surface area contributed by atoms with Gasteiger partial charge in [0.1, 0.15) is 5.82 Å². The molecule has 1 aliphatic rings. The Hall–Kier alpha value is -2.83. The minimum atomic E-state index is -0.702. The summed E-state index contributed by atoms with van der Waals surface area (Å²) in [5.74, 6) is 0.445. The highest BCUT2D eigenvalue weighted by Gasteiger charge is 2.25. The Morgan fingerprint density at radius 1 is 1.19 bits per heavy atom. The minimum absolute atomic E-state index is 0.248. The van der Waals surface area contributed by atoms with E-state index in [1.165, 1.54) is 0 Å². The van der Waals surface area contributed by atoms with Crippen LogP contribution in [0.1, 0.15) is 18.5 Å². The lowest BCUT2D eigenvalue weighted by molar-refractivity contribution is -0.142. The first kappa shape index (κ1) is 18.0. The van der Waals surface area contributed by atoms with E-state index in [2.05, 4.69) is 20.2 Å². The van der Waals surface area contributed by atoms with Crippen molar-refractivity contribution in [2.45, 2.75) is 19.8 Å². The van der Waals surface area contributed by atoms with Gasteiger partial charge >= 0.3 is 5.97 Å². The molecule has 0 bridgehead atoms. The van der Waals surface area contributed by atoms with Crippen molar-refractivity contribution in [3.63, 3.8) is 0 Å². The molecule has 0 aliphatic carbocycles. The number of anilines is 4. The number of nitrogens with one attached hydrogen (secondary N) is 1. The second-order valence-corrected chi connectivity index (χ2v) is 6.86. The summed E-state index contributed by atoms with van der Waals surface area (Å²) in [5, 5.41) is 12.4. The number of benzene rings is 1. The van der Waals surface area contributed by atoms with Gasteiger partial charge < -0.3 is 20.2 Å². The van der Waals surface area contributed by atoms with Crippen molar-refractivity contribution in [1.29, 1.82) is 0 Å². The molecule has 3 rings (SSSR count). The van der Waals surface area contributed by atoms with Gasteiger partial charge in [0.05, 0.1) is 5.92 Å². The summed E-state index contributed by atoms with van der Waals surface area (Å²) in [6, 6.07) is 10.0. The number of carboxylic acid groups (broad SMARTS) is 1. The summed E-state index contributed by atoms with van der Waals surface area (Å²) in [5.41, 5.74) is 2.93. The number of nitrogens with zero attached hydrogens (tertiary/aromatic N) is 4. The van der Waals surface area contributed by atoms with Crippen LogP contribution in [-0.4, -0.2) is 48.2 Å². The average molecular weight is 355 g/mol. The summed E-state index contributed by atoms with van der Waals surface area (Å²) in [6.07, 6.45) is 1.29. The molecule has 2 heterocycles. The molecule has 2 N–H and O–H groups in total. The first-order chi connectivity index (χ1) is 12.4. The third-order valence-electron chi connectivity index (χ3n) is 4.65. The van der Waals surface area contributed by atoms with E-state index in [0.717, 1.165) is 22.9 Å². The van der Waals surface area contributed by atoms with Crippen molar-refractivity contribution >= 4 is 29.1 Å². The van der Waals surface area contributed by atoms with Gasteiger partial charge in [-0.2, -0.15) is 4.98 Å². The molecule has 0 saturated carbocycles. The molecule has 1 aromatic heterocycles. The second-order valence-electron chi connectivity index (χ2n) is 6.86. The number of aliphatic carboxylic acids is 1. The Labute approximate surface area is 153 Å². The van der Waals surface area contributed by atoms with Crippen molar-refractivity contribution in [2.24, 2.45) is 5.92 Å². The summed E-state index contributed by atoms with van der Waals surface area (Å²) < 4.78 is 0. The molecule has 26 heavy (non-hydrogen) atoms. The summed E-state index contributed by atoms with van der Waals surface area (Å²) in [4.78, 5) is 24.4. The quantitative estimate of drug-likeness (QED) is 0.853. The van der Waals surface area contributed by atoms with Gasteiger partial charge in [-0.3, -0.25) is 4.79 Å². The average Bonchev–Trinajstić information content (AvgIpc) is 2.61. The topological polar surface area (TPSA) is 81.6 Å². The van der Waals surface area contributed by atoms with E-state index in [9.17, 15) is 4.79 Å². The number of hydrogen-bond acceptors (Lipinski definition) is 6. The molecule has 0 radical (unpaired) electrons. The van der Waals surface area contributed by atoms with E-state index < -0.39 is 5.97 Å². The summed E-state index contributed by atoms with van der Waals surface area (Å²) in [7, 11) is 4.01. The van der Waals surface area contributed by atoms with Gasteiger partial charge in [0.2, 0.25) is 5.95 Å². The van der Waals surface area contributed by atoms with E-state index in [1.807, 2.05) is 56.3 Å². The molecule has 1 aromatic carbocycles. The number of carboxylic acids is 1. The van der Waals surface area contributed by atoms with Gasteiger partial charge in [-0.1, -0.05) is 0 Å².